The van der Waals surface area contributed by atoms with Crippen LogP contribution in [0, 0.1) is 13.8 Å². The first-order valence-corrected chi connectivity index (χ1v) is 12.1. The standard InChI is InChI=1S/C23H23N3O.3C2H6/c1-15-9-10-17(16(2)13-15)14-18-11-12-21-22(24-18)25(3)20-8-6-5-7-19(20)23(27)26(21)4;3*1-2/h5-13H,14H2,1-4H3;3*1-2H3. The van der Waals surface area contributed by atoms with E-state index in [-0.39, 0.29) is 5.91 Å². The van der Waals surface area contributed by atoms with Crippen LogP contribution in [0.1, 0.15) is 74.3 Å². The van der Waals surface area contributed by atoms with E-state index in [4.69, 9.17) is 4.98 Å². The summed E-state index contributed by atoms with van der Waals surface area (Å²) in [6, 6.07) is 18.2. The van der Waals surface area contributed by atoms with Gasteiger partial charge in [-0.2, -0.15) is 0 Å². The maximum atomic E-state index is 12.9. The molecule has 4 nitrogen and oxygen atoms in total. The second-order valence-electron chi connectivity index (χ2n) is 7.19. The molecular weight excluding hydrogens is 406 g/mol. The number of hydrogen-bond donors (Lipinski definition) is 0. The second kappa shape index (κ2) is 13.4. The molecule has 1 aliphatic rings. The molecule has 4 heteroatoms. The molecule has 0 N–H and O–H groups in total. The molecule has 178 valence electrons. The summed E-state index contributed by atoms with van der Waals surface area (Å²) in [6.45, 7) is 16.2. The van der Waals surface area contributed by atoms with E-state index in [1.165, 1.54) is 16.7 Å². The van der Waals surface area contributed by atoms with E-state index in [1.54, 1.807) is 4.90 Å². The molecule has 0 radical (unpaired) electrons. The van der Waals surface area contributed by atoms with E-state index in [0.717, 1.165) is 29.3 Å². The molecule has 33 heavy (non-hydrogen) atoms. The number of hydrogen-bond acceptors (Lipinski definition) is 3. The zero-order valence-electron chi connectivity index (χ0n) is 22.2. The fourth-order valence-electron chi connectivity index (χ4n) is 3.68. The van der Waals surface area contributed by atoms with Gasteiger partial charge < -0.3 is 9.80 Å². The number of carbonyl (C=O) groups excluding carboxylic acids is 1. The average molecular weight is 448 g/mol. The van der Waals surface area contributed by atoms with Crippen molar-refractivity contribution >= 4 is 23.1 Å². The van der Waals surface area contributed by atoms with Gasteiger partial charge in [0.15, 0.2) is 5.82 Å². The van der Waals surface area contributed by atoms with Gasteiger partial charge in [0.2, 0.25) is 0 Å². The lowest BCUT2D eigenvalue weighted by Gasteiger charge is -2.22. The highest BCUT2D eigenvalue weighted by Gasteiger charge is 2.28. The molecule has 1 amide bonds. The summed E-state index contributed by atoms with van der Waals surface area (Å²) in [6.07, 6.45) is 0.770. The van der Waals surface area contributed by atoms with Gasteiger partial charge in [0, 0.05) is 26.2 Å². The van der Waals surface area contributed by atoms with Crippen LogP contribution in [0.25, 0.3) is 0 Å². The number of anilines is 3. The molecule has 0 spiro atoms. The number of pyridine rings is 1. The Labute approximate surface area is 201 Å². The number of amides is 1. The molecule has 1 aliphatic heterocycles. The lowest BCUT2D eigenvalue weighted by molar-refractivity contribution is 0.0994. The minimum Gasteiger partial charge on any atom is -0.327 e. The minimum atomic E-state index is -0.0138. The number of rotatable bonds is 2. The summed E-state index contributed by atoms with van der Waals surface area (Å²) in [5.41, 5.74) is 7.20. The van der Waals surface area contributed by atoms with E-state index in [0.29, 0.717) is 5.56 Å². The van der Waals surface area contributed by atoms with Gasteiger partial charge in [-0.15, -0.1) is 0 Å². The van der Waals surface area contributed by atoms with E-state index in [1.807, 2.05) is 96.9 Å². The second-order valence-corrected chi connectivity index (χ2v) is 7.19. The number of fused-ring (bicyclic) bond motifs is 2. The molecule has 2 aromatic carbocycles. The zero-order chi connectivity index (χ0) is 25.1. The Hall–Kier alpha value is -3.14. The number of para-hydroxylation sites is 1. The first-order valence-electron chi connectivity index (χ1n) is 12.1. The Morgan fingerprint density at radius 2 is 1.39 bits per heavy atom. The molecular formula is C29H41N3O. The molecule has 0 fully saturated rings. The first kappa shape index (κ1) is 27.9. The molecule has 0 unspecified atom stereocenters. The fourth-order valence-corrected chi connectivity index (χ4v) is 3.68. The SMILES string of the molecule is CC.CC.CC.Cc1ccc(Cc2ccc3c(n2)N(C)c2ccccc2C(=O)N3C)c(C)c1. The van der Waals surface area contributed by atoms with Crippen molar-refractivity contribution in [1.29, 1.82) is 0 Å². The lowest BCUT2D eigenvalue weighted by Crippen LogP contribution is -2.25. The van der Waals surface area contributed by atoms with E-state index in [2.05, 4.69) is 32.0 Å². The quantitative estimate of drug-likeness (QED) is 0.403. The van der Waals surface area contributed by atoms with E-state index >= 15 is 0 Å². The zero-order valence-corrected chi connectivity index (χ0v) is 22.2. The van der Waals surface area contributed by atoms with Gasteiger partial charge in [-0.1, -0.05) is 77.4 Å². The molecule has 0 atom stereocenters. The van der Waals surface area contributed by atoms with Crippen LogP contribution in [0.4, 0.5) is 17.2 Å². The van der Waals surface area contributed by atoms with Crippen LogP contribution >= 0.6 is 0 Å². The predicted molar refractivity (Wildman–Crippen MR) is 144 cm³/mol. The van der Waals surface area contributed by atoms with Gasteiger partial charge in [0.25, 0.3) is 5.91 Å². The van der Waals surface area contributed by atoms with Crippen molar-refractivity contribution in [1.82, 2.24) is 4.98 Å². The minimum absolute atomic E-state index is 0.0138. The topological polar surface area (TPSA) is 36.4 Å². The third-order valence-electron chi connectivity index (χ3n) is 5.26. The average Bonchev–Trinajstić information content (AvgIpc) is 2.94. The molecule has 0 bridgehead atoms. The Morgan fingerprint density at radius 1 is 0.758 bits per heavy atom. The van der Waals surface area contributed by atoms with Crippen molar-refractivity contribution in [2.75, 3.05) is 23.9 Å². The van der Waals surface area contributed by atoms with Crippen LogP contribution in [0.5, 0.6) is 0 Å². The van der Waals surface area contributed by atoms with Gasteiger partial charge in [-0.05, 0) is 49.2 Å². The Kier molecular flexibility index (Phi) is 11.3. The first-order chi connectivity index (χ1) is 16.0. The van der Waals surface area contributed by atoms with Crippen LogP contribution in [0.3, 0.4) is 0 Å². The summed E-state index contributed by atoms with van der Waals surface area (Å²) in [4.78, 5) is 21.5. The van der Waals surface area contributed by atoms with Crippen molar-refractivity contribution in [3.63, 3.8) is 0 Å². The number of carbonyl (C=O) groups is 1. The summed E-state index contributed by atoms with van der Waals surface area (Å²) in [5, 5.41) is 0. The number of aryl methyl sites for hydroxylation is 2. The van der Waals surface area contributed by atoms with Crippen LogP contribution in [-0.2, 0) is 6.42 Å². The highest BCUT2D eigenvalue weighted by atomic mass is 16.2. The van der Waals surface area contributed by atoms with Crippen molar-refractivity contribution in [3.8, 4) is 0 Å². The van der Waals surface area contributed by atoms with Crippen LogP contribution in [0.2, 0.25) is 0 Å². The molecule has 0 saturated heterocycles. The van der Waals surface area contributed by atoms with Crippen molar-refractivity contribution in [2.45, 2.75) is 61.8 Å². The van der Waals surface area contributed by atoms with Gasteiger partial charge in [-0.25, -0.2) is 4.98 Å². The smallest absolute Gasteiger partial charge is 0.260 e. The van der Waals surface area contributed by atoms with E-state index in [9.17, 15) is 4.79 Å². The fraction of sp³-hybridized carbons (Fsp3) is 0.379. The summed E-state index contributed by atoms with van der Waals surface area (Å²) in [7, 11) is 3.78. The van der Waals surface area contributed by atoms with Crippen LogP contribution < -0.4 is 9.80 Å². The molecule has 0 aliphatic carbocycles. The molecule has 0 saturated carbocycles. The molecule has 3 aromatic rings. The molecule has 4 rings (SSSR count). The lowest BCUT2D eigenvalue weighted by atomic mass is 10.0. The molecule has 2 heterocycles. The number of nitrogens with zero attached hydrogens (tertiary/aromatic N) is 3. The molecule has 1 aromatic heterocycles. The largest absolute Gasteiger partial charge is 0.327 e. The maximum absolute atomic E-state index is 12.9. The predicted octanol–water partition coefficient (Wildman–Crippen LogP) is 7.73. The summed E-state index contributed by atoms with van der Waals surface area (Å²) < 4.78 is 0. The highest BCUT2D eigenvalue weighted by Crippen LogP contribution is 2.38. The third kappa shape index (κ3) is 6.22. The van der Waals surface area contributed by atoms with Crippen molar-refractivity contribution in [2.24, 2.45) is 0 Å². The summed E-state index contributed by atoms with van der Waals surface area (Å²) >= 11 is 0. The van der Waals surface area contributed by atoms with Gasteiger partial charge >= 0.3 is 0 Å². The third-order valence-corrected chi connectivity index (χ3v) is 5.26. The number of benzene rings is 2. The Bertz CT molecular complexity index is 1040. The van der Waals surface area contributed by atoms with Crippen molar-refractivity contribution in [3.05, 3.63) is 82.5 Å². The van der Waals surface area contributed by atoms with Gasteiger partial charge in [-0.3, -0.25) is 4.79 Å². The van der Waals surface area contributed by atoms with Crippen LogP contribution in [0.15, 0.2) is 54.6 Å². The summed E-state index contributed by atoms with van der Waals surface area (Å²) in [5.74, 6) is 0.790. The van der Waals surface area contributed by atoms with Gasteiger partial charge in [0.1, 0.15) is 0 Å². The normalized spacial score (nSPS) is 11.4. The maximum Gasteiger partial charge on any atom is 0.260 e. The Morgan fingerprint density at radius 3 is 2.03 bits per heavy atom. The van der Waals surface area contributed by atoms with Crippen LogP contribution in [-0.4, -0.2) is 25.0 Å². The van der Waals surface area contributed by atoms with E-state index < -0.39 is 0 Å². The van der Waals surface area contributed by atoms with Gasteiger partial charge in [0.05, 0.1) is 16.9 Å². The number of aromatic nitrogens is 1. The Balaban J connectivity index is 0.000000841. The van der Waals surface area contributed by atoms with Crippen molar-refractivity contribution < 1.29 is 4.79 Å². The monoisotopic (exact) mass is 447 g/mol. The highest BCUT2D eigenvalue weighted by molar-refractivity contribution is 6.13.